The third-order valence-corrected chi connectivity index (χ3v) is 4.05. The van der Waals surface area contributed by atoms with Crippen LogP contribution in [0.2, 0.25) is 0 Å². The summed E-state index contributed by atoms with van der Waals surface area (Å²) >= 11 is 0. The van der Waals surface area contributed by atoms with Crippen molar-refractivity contribution < 1.29 is 9.90 Å². The summed E-state index contributed by atoms with van der Waals surface area (Å²) in [6, 6.07) is 0. The van der Waals surface area contributed by atoms with Crippen molar-refractivity contribution in [3.63, 3.8) is 0 Å². The van der Waals surface area contributed by atoms with Gasteiger partial charge in [0.25, 0.3) is 0 Å². The van der Waals surface area contributed by atoms with E-state index in [0.29, 0.717) is 11.8 Å². The van der Waals surface area contributed by atoms with Crippen molar-refractivity contribution >= 4 is 5.97 Å². The van der Waals surface area contributed by atoms with Crippen molar-refractivity contribution in [1.29, 1.82) is 0 Å². The Balaban J connectivity index is 2.38. The van der Waals surface area contributed by atoms with E-state index >= 15 is 0 Å². The SMILES string of the molecule is C[C@@H]1[C@@H](C(=O)O)[C@H]2C=C[C@@H]1C2(C)C. The Kier molecular flexibility index (Phi) is 1.60. The van der Waals surface area contributed by atoms with Gasteiger partial charge in [-0.1, -0.05) is 32.9 Å². The summed E-state index contributed by atoms with van der Waals surface area (Å²) in [4.78, 5) is 11.1. The fourth-order valence-corrected chi connectivity index (χ4v) is 3.32. The third-order valence-electron chi connectivity index (χ3n) is 4.05. The van der Waals surface area contributed by atoms with Crippen LogP contribution >= 0.6 is 0 Å². The van der Waals surface area contributed by atoms with E-state index in [1.165, 1.54) is 0 Å². The number of carboxylic acid groups (broad SMARTS) is 1. The molecular weight excluding hydrogens is 164 g/mol. The van der Waals surface area contributed by atoms with Gasteiger partial charge < -0.3 is 5.11 Å². The summed E-state index contributed by atoms with van der Waals surface area (Å²) < 4.78 is 0. The second kappa shape index (κ2) is 2.37. The fourth-order valence-electron chi connectivity index (χ4n) is 3.32. The number of allylic oxidation sites excluding steroid dienone is 2. The van der Waals surface area contributed by atoms with Crippen LogP contribution in [0.3, 0.4) is 0 Å². The van der Waals surface area contributed by atoms with Gasteiger partial charge in [0.1, 0.15) is 0 Å². The molecule has 0 radical (unpaired) electrons. The van der Waals surface area contributed by atoms with Gasteiger partial charge >= 0.3 is 5.97 Å². The molecule has 0 amide bonds. The molecule has 1 N–H and O–H groups in total. The number of carbonyl (C=O) groups is 1. The molecule has 4 atom stereocenters. The summed E-state index contributed by atoms with van der Waals surface area (Å²) in [7, 11) is 0. The van der Waals surface area contributed by atoms with Crippen molar-refractivity contribution in [1.82, 2.24) is 0 Å². The van der Waals surface area contributed by atoms with Gasteiger partial charge in [0, 0.05) is 0 Å². The molecule has 2 heteroatoms. The molecule has 0 unspecified atom stereocenters. The lowest BCUT2D eigenvalue weighted by Crippen LogP contribution is -2.26. The molecule has 1 saturated carbocycles. The van der Waals surface area contributed by atoms with E-state index in [4.69, 9.17) is 5.11 Å². The quantitative estimate of drug-likeness (QED) is 0.628. The highest BCUT2D eigenvalue weighted by Gasteiger charge is 2.57. The molecule has 2 aliphatic rings. The Morgan fingerprint density at radius 1 is 1.31 bits per heavy atom. The van der Waals surface area contributed by atoms with Gasteiger partial charge in [0.15, 0.2) is 0 Å². The van der Waals surface area contributed by atoms with Crippen LogP contribution in [0.4, 0.5) is 0 Å². The first-order valence-corrected chi connectivity index (χ1v) is 4.87. The van der Waals surface area contributed by atoms with Gasteiger partial charge in [-0.25, -0.2) is 0 Å². The summed E-state index contributed by atoms with van der Waals surface area (Å²) in [6.07, 6.45) is 4.30. The standard InChI is InChI=1S/C11H16O2/c1-6-7-4-5-8(11(7,2)3)9(6)10(12)13/h4-9H,1-3H3,(H,12,13)/t6-,7-,8+,9+/m0/s1. The van der Waals surface area contributed by atoms with Crippen LogP contribution in [0.25, 0.3) is 0 Å². The predicted octanol–water partition coefficient (Wildman–Crippen LogP) is 2.17. The predicted molar refractivity (Wildman–Crippen MR) is 50.2 cm³/mol. The smallest absolute Gasteiger partial charge is 0.307 e. The van der Waals surface area contributed by atoms with Crippen molar-refractivity contribution in [2.45, 2.75) is 20.8 Å². The van der Waals surface area contributed by atoms with Gasteiger partial charge in [-0.3, -0.25) is 4.79 Å². The number of aliphatic carboxylic acids is 1. The molecule has 0 aromatic carbocycles. The van der Waals surface area contributed by atoms with E-state index in [9.17, 15) is 4.79 Å². The van der Waals surface area contributed by atoms with E-state index in [2.05, 4.69) is 32.9 Å². The Morgan fingerprint density at radius 3 is 2.15 bits per heavy atom. The second-order valence-electron chi connectivity index (χ2n) is 4.98. The highest BCUT2D eigenvalue weighted by molar-refractivity contribution is 5.72. The molecule has 2 rings (SSSR count). The number of carboxylic acids is 1. The topological polar surface area (TPSA) is 37.3 Å². The number of rotatable bonds is 1. The largest absolute Gasteiger partial charge is 0.481 e. The molecule has 0 heterocycles. The lowest BCUT2D eigenvalue weighted by atomic mass is 9.79. The van der Waals surface area contributed by atoms with Crippen molar-refractivity contribution in [2.24, 2.45) is 29.1 Å². The minimum atomic E-state index is -0.627. The third kappa shape index (κ3) is 0.917. The highest BCUT2D eigenvalue weighted by atomic mass is 16.4. The second-order valence-corrected chi connectivity index (χ2v) is 4.98. The minimum Gasteiger partial charge on any atom is -0.481 e. The first-order chi connectivity index (χ1) is 5.96. The van der Waals surface area contributed by atoms with Gasteiger partial charge in [0.05, 0.1) is 5.92 Å². The molecule has 1 fully saturated rings. The number of hydrogen-bond donors (Lipinski definition) is 1. The molecule has 0 aromatic heterocycles. The van der Waals surface area contributed by atoms with Crippen molar-refractivity contribution in [3.05, 3.63) is 12.2 Å². The first kappa shape index (κ1) is 8.79. The summed E-state index contributed by atoms with van der Waals surface area (Å²) in [5.74, 6) is 0.202. The van der Waals surface area contributed by atoms with Gasteiger partial charge in [-0.15, -0.1) is 0 Å². The van der Waals surface area contributed by atoms with Crippen LogP contribution in [-0.2, 0) is 4.79 Å². The van der Waals surface area contributed by atoms with Crippen LogP contribution < -0.4 is 0 Å². The summed E-state index contributed by atoms with van der Waals surface area (Å²) in [5, 5.41) is 9.10. The van der Waals surface area contributed by atoms with Crippen LogP contribution in [0.15, 0.2) is 12.2 Å². The molecule has 0 aromatic rings. The average molecular weight is 180 g/mol. The molecule has 0 saturated heterocycles. The molecule has 0 spiro atoms. The van der Waals surface area contributed by atoms with Crippen molar-refractivity contribution in [3.8, 4) is 0 Å². The minimum absolute atomic E-state index is 0.155. The van der Waals surface area contributed by atoms with Crippen molar-refractivity contribution in [2.75, 3.05) is 0 Å². The Labute approximate surface area is 78.6 Å². The van der Waals surface area contributed by atoms with E-state index in [1.807, 2.05) is 0 Å². The fraction of sp³-hybridized carbons (Fsp3) is 0.727. The molecule has 72 valence electrons. The van der Waals surface area contributed by atoms with Crippen LogP contribution in [0.5, 0.6) is 0 Å². The zero-order valence-electron chi connectivity index (χ0n) is 8.32. The first-order valence-electron chi connectivity index (χ1n) is 4.87. The zero-order chi connectivity index (χ0) is 9.80. The Bertz CT molecular complexity index is 278. The molecular formula is C11H16O2. The average Bonchev–Trinajstić information content (AvgIpc) is 2.37. The maximum absolute atomic E-state index is 11.1. The summed E-state index contributed by atoms with van der Waals surface area (Å²) in [5.41, 5.74) is 0.155. The normalized spacial score (nSPS) is 45.5. The lowest BCUT2D eigenvalue weighted by Gasteiger charge is -2.25. The van der Waals surface area contributed by atoms with E-state index in [-0.39, 0.29) is 17.3 Å². The van der Waals surface area contributed by atoms with Crippen LogP contribution in [-0.4, -0.2) is 11.1 Å². The van der Waals surface area contributed by atoms with E-state index in [1.54, 1.807) is 0 Å². The number of hydrogen-bond acceptors (Lipinski definition) is 1. The van der Waals surface area contributed by atoms with E-state index < -0.39 is 5.97 Å². The molecule has 2 nitrogen and oxygen atoms in total. The molecule has 0 aliphatic heterocycles. The van der Waals surface area contributed by atoms with Gasteiger partial charge in [-0.05, 0) is 23.2 Å². The Hall–Kier alpha value is -0.790. The number of fused-ring (bicyclic) bond motifs is 2. The zero-order valence-corrected chi connectivity index (χ0v) is 8.32. The van der Waals surface area contributed by atoms with Gasteiger partial charge in [-0.2, -0.15) is 0 Å². The monoisotopic (exact) mass is 180 g/mol. The molecule has 13 heavy (non-hydrogen) atoms. The van der Waals surface area contributed by atoms with Crippen LogP contribution in [0.1, 0.15) is 20.8 Å². The maximum Gasteiger partial charge on any atom is 0.307 e. The summed E-state index contributed by atoms with van der Waals surface area (Å²) in [6.45, 7) is 6.43. The Morgan fingerprint density at radius 2 is 1.85 bits per heavy atom. The highest BCUT2D eigenvalue weighted by Crippen LogP contribution is 2.59. The van der Waals surface area contributed by atoms with Gasteiger partial charge in [0.2, 0.25) is 0 Å². The van der Waals surface area contributed by atoms with Crippen LogP contribution in [0, 0.1) is 29.1 Å². The molecule has 2 aliphatic carbocycles. The molecule has 2 bridgehead atoms. The maximum atomic E-state index is 11.1. The lowest BCUT2D eigenvalue weighted by molar-refractivity contribution is -0.144. The van der Waals surface area contributed by atoms with E-state index in [0.717, 1.165) is 0 Å².